The van der Waals surface area contributed by atoms with Gasteiger partial charge in [0.2, 0.25) is 0 Å². The molecule has 1 aliphatic rings. The van der Waals surface area contributed by atoms with Crippen molar-refractivity contribution < 1.29 is 0 Å². The van der Waals surface area contributed by atoms with Crippen molar-refractivity contribution >= 4 is 23.2 Å². The van der Waals surface area contributed by atoms with Gasteiger partial charge in [-0.05, 0) is 37.4 Å². The van der Waals surface area contributed by atoms with Crippen LogP contribution in [0.3, 0.4) is 0 Å². The highest BCUT2D eigenvalue weighted by molar-refractivity contribution is 6.42. The molecular formula is C14H19Cl2N. The molecule has 1 fully saturated rings. The van der Waals surface area contributed by atoms with E-state index in [0.717, 1.165) is 24.9 Å². The molecular weight excluding hydrogens is 253 g/mol. The Morgan fingerprint density at radius 2 is 2.06 bits per heavy atom. The highest BCUT2D eigenvalue weighted by Gasteiger charge is 2.32. The summed E-state index contributed by atoms with van der Waals surface area (Å²) in [5.74, 6) is 0. The Balaban J connectivity index is 2.42. The van der Waals surface area contributed by atoms with Gasteiger partial charge in [-0.2, -0.15) is 0 Å². The smallest absolute Gasteiger partial charge is 0.0642 e. The molecule has 0 spiro atoms. The number of hydrogen-bond acceptors (Lipinski definition) is 1. The predicted molar refractivity (Wildman–Crippen MR) is 74.9 cm³/mol. The van der Waals surface area contributed by atoms with Gasteiger partial charge in [-0.25, -0.2) is 0 Å². The summed E-state index contributed by atoms with van der Waals surface area (Å²) in [5, 5.41) is 5.05. The third kappa shape index (κ3) is 2.62. The lowest BCUT2D eigenvalue weighted by atomic mass is 9.83. The SMILES string of the molecule is CCC1(c2cccc(Cl)c2Cl)CCCCCN1. The van der Waals surface area contributed by atoms with E-state index >= 15 is 0 Å². The molecule has 3 heteroatoms. The minimum Gasteiger partial charge on any atom is -0.307 e. The van der Waals surface area contributed by atoms with E-state index in [9.17, 15) is 0 Å². The van der Waals surface area contributed by atoms with Crippen LogP contribution in [0, 0.1) is 0 Å². The molecule has 0 aliphatic carbocycles. The summed E-state index contributed by atoms with van der Waals surface area (Å²) < 4.78 is 0. The third-order valence-corrected chi connectivity index (χ3v) is 4.63. The van der Waals surface area contributed by atoms with Crippen molar-refractivity contribution in [1.29, 1.82) is 0 Å². The van der Waals surface area contributed by atoms with Gasteiger partial charge in [-0.3, -0.25) is 0 Å². The largest absolute Gasteiger partial charge is 0.307 e. The zero-order chi connectivity index (χ0) is 12.3. The van der Waals surface area contributed by atoms with Gasteiger partial charge in [0.1, 0.15) is 0 Å². The third-order valence-electron chi connectivity index (χ3n) is 3.81. The molecule has 0 saturated carbocycles. The summed E-state index contributed by atoms with van der Waals surface area (Å²) in [6.45, 7) is 3.28. The van der Waals surface area contributed by atoms with Crippen LogP contribution in [0.25, 0.3) is 0 Å². The van der Waals surface area contributed by atoms with Crippen LogP contribution in [0.2, 0.25) is 10.0 Å². The Morgan fingerprint density at radius 3 is 2.82 bits per heavy atom. The molecule has 1 N–H and O–H groups in total. The summed E-state index contributed by atoms with van der Waals surface area (Å²) in [4.78, 5) is 0. The van der Waals surface area contributed by atoms with Crippen molar-refractivity contribution in [3.63, 3.8) is 0 Å². The van der Waals surface area contributed by atoms with Crippen LogP contribution in [-0.4, -0.2) is 6.54 Å². The first-order valence-corrected chi connectivity index (χ1v) is 7.15. The summed E-state index contributed by atoms with van der Waals surface area (Å²) in [5.41, 5.74) is 1.18. The molecule has 94 valence electrons. The molecule has 0 bridgehead atoms. The molecule has 1 unspecified atom stereocenters. The standard InChI is InChI=1S/C14H19Cl2N/c1-2-14(9-4-3-5-10-17-14)11-7-6-8-12(15)13(11)16/h6-8,17H,2-5,9-10H2,1H3. The minimum absolute atomic E-state index is 0.0124. The van der Waals surface area contributed by atoms with Crippen molar-refractivity contribution in [3.05, 3.63) is 33.8 Å². The average Bonchev–Trinajstić information content (AvgIpc) is 2.59. The Hall–Kier alpha value is -0.240. The maximum Gasteiger partial charge on any atom is 0.0642 e. The van der Waals surface area contributed by atoms with Crippen LogP contribution in [0.15, 0.2) is 18.2 Å². The van der Waals surface area contributed by atoms with E-state index in [2.05, 4.69) is 18.3 Å². The van der Waals surface area contributed by atoms with Crippen LogP contribution in [-0.2, 0) is 5.54 Å². The van der Waals surface area contributed by atoms with Crippen molar-refractivity contribution in [2.24, 2.45) is 0 Å². The fourth-order valence-corrected chi connectivity index (χ4v) is 3.22. The number of rotatable bonds is 2. The first-order valence-electron chi connectivity index (χ1n) is 6.39. The molecule has 1 heterocycles. The zero-order valence-electron chi connectivity index (χ0n) is 10.2. The number of hydrogen-bond donors (Lipinski definition) is 1. The van der Waals surface area contributed by atoms with Gasteiger partial charge in [0, 0.05) is 5.54 Å². The van der Waals surface area contributed by atoms with E-state index in [0.29, 0.717) is 10.0 Å². The van der Waals surface area contributed by atoms with Gasteiger partial charge in [0.05, 0.1) is 10.0 Å². The maximum absolute atomic E-state index is 6.38. The van der Waals surface area contributed by atoms with Crippen molar-refractivity contribution in [1.82, 2.24) is 5.32 Å². The lowest BCUT2D eigenvalue weighted by Crippen LogP contribution is -2.41. The van der Waals surface area contributed by atoms with Crippen LogP contribution >= 0.6 is 23.2 Å². The van der Waals surface area contributed by atoms with Gasteiger partial charge in [0.25, 0.3) is 0 Å². The molecule has 1 nitrogen and oxygen atoms in total. The first kappa shape index (κ1) is 13.2. The van der Waals surface area contributed by atoms with Crippen molar-refractivity contribution in [2.45, 2.75) is 44.6 Å². The number of halogens is 2. The molecule has 17 heavy (non-hydrogen) atoms. The molecule has 1 saturated heterocycles. The first-order chi connectivity index (χ1) is 8.19. The molecule has 1 aliphatic heterocycles. The van der Waals surface area contributed by atoms with Gasteiger partial charge >= 0.3 is 0 Å². The lowest BCUT2D eigenvalue weighted by molar-refractivity contribution is 0.313. The quantitative estimate of drug-likeness (QED) is 0.818. The molecule has 1 aromatic carbocycles. The molecule has 1 atom stereocenters. The highest BCUT2D eigenvalue weighted by atomic mass is 35.5. The maximum atomic E-state index is 6.38. The highest BCUT2D eigenvalue weighted by Crippen LogP contribution is 2.39. The van der Waals surface area contributed by atoms with Crippen molar-refractivity contribution in [3.8, 4) is 0 Å². The monoisotopic (exact) mass is 271 g/mol. The topological polar surface area (TPSA) is 12.0 Å². The number of nitrogens with one attached hydrogen (secondary N) is 1. The summed E-state index contributed by atoms with van der Waals surface area (Å²) in [6.07, 6.45) is 5.99. The Labute approximate surface area is 114 Å². The van der Waals surface area contributed by atoms with Crippen LogP contribution in [0.5, 0.6) is 0 Å². The van der Waals surface area contributed by atoms with E-state index in [4.69, 9.17) is 23.2 Å². The summed E-state index contributed by atoms with van der Waals surface area (Å²) >= 11 is 12.5. The van der Waals surface area contributed by atoms with Crippen molar-refractivity contribution in [2.75, 3.05) is 6.54 Å². The molecule has 1 aromatic rings. The Bertz CT molecular complexity index is 382. The Morgan fingerprint density at radius 1 is 1.24 bits per heavy atom. The molecule has 0 aromatic heterocycles. The molecule has 2 rings (SSSR count). The number of benzene rings is 1. The van der Waals surface area contributed by atoms with Gasteiger partial charge in [0.15, 0.2) is 0 Å². The average molecular weight is 272 g/mol. The van der Waals surface area contributed by atoms with E-state index in [1.807, 2.05) is 12.1 Å². The minimum atomic E-state index is 0.0124. The summed E-state index contributed by atoms with van der Waals surface area (Å²) in [7, 11) is 0. The predicted octanol–water partition coefficient (Wildman–Crippen LogP) is 4.76. The van der Waals surface area contributed by atoms with Gasteiger partial charge in [-0.1, -0.05) is 55.1 Å². The van der Waals surface area contributed by atoms with Crippen LogP contribution in [0.1, 0.15) is 44.6 Å². The Kier molecular flexibility index (Phi) is 4.35. The van der Waals surface area contributed by atoms with E-state index in [1.165, 1.54) is 19.3 Å². The second kappa shape index (κ2) is 5.60. The van der Waals surface area contributed by atoms with E-state index in [1.54, 1.807) is 0 Å². The van der Waals surface area contributed by atoms with E-state index in [-0.39, 0.29) is 5.54 Å². The zero-order valence-corrected chi connectivity index (χ0v) is 11.7. The fourth-order valence-electron chi connectivity index (χ4n) is 2.74. The molecule has 0 radical (unpaired) electrons. The fraction of sp³-hybridized carbons (Fsp3) is 0.571. The second-order valence-corrected chi connectivity index (χ2v) is 5.56. The van der Waals surface area contributed by atoms with Gasteiger partial charge in [-0.15, -0.1) is 0 Å². The lowest BCUT2D eigenvalue weighted by Gasteiger charge is -2.34. The molecule has 0 amide bonds. The van der Waals surface area contributed by atoms with E-state index < -0.39 is 0 Å². The normalized spacial score (nSPS) is 25.6. The van der Waals surface area contributed by atoms with Crippen LogP contribution < -0.4 is 5.32 Å². The second-order valence-electron chi connectivity index (χ2n) is 4.77. The van der Waals surface area contributed by atoms with Gasteiger partial charge < -0.3 is 5.32 Å². The van der Waals surface area contributed by atoms with Crippen LogP contribution in [0.4, 0.5) is 0 Å². The summed E-state index contributed by atoms with van der Waals surface area (Å²) in [6, 6.07) is 5.96.